The highest BCUT2D eigenvalue weighted by molar-refractivity contribution is 6.00. The van der Waals surface area contributed by atoms with Crippen LogP contribution in [0, 0.1) is 22.7 Å². The molecule has 8 heteroatoms. The van der Waals surface area contributed by atoms with Gasteiger partial charge in [0.05, 0.1) is 20.3 Å². The van der Waals surface area contributed by atoms with E-state index in [2.05, 4.69) is 0 Å². The Kier molecular flexibility index (Phi) is 9.90. The Labute approximate surface area is 198 Å². The van der Waals surface area contributed by atoms with Crippen molar-refractivity contribution in [2.45, 2.75) is 20.3 Å². The molecular formula is C26H24N2O6. The van der Waals surface area contributed by atoms with Gasteiger partial charge in [0.25, 0.3) is 0 Å². The van der Waals surface area contributed by atoms with Crippen molar-refractivity contribution < 1.29 is 28.5 Å². The fourth-order valence-electron chi connectivity index (χ4n) is 2.76. The van der Waals surface area contributed by atoms with Crippen LogP contribution >= 0.6 is 0 Å². The summed E-state index contributed by atoms with van der Waals surface area (Å²) in [5, 5.41) is 18.7. The van der Waals surface area contributed by atoms with E-state index in [0.717, 1.165) is 6.42 Å². The number of benzene rings is 2. The van der Waals surface area contributed by atoms with Crippen molar-refractivity contribution in [3.8, 4) is 29.4 Å². The molecule has 0 saturated heterocycles. The largest absolute Gasteiger partial charge is 0.493 e. The van der Waals surface area contributed by atoms with Crippen LogP contribution in [-0.2, 0) is 14.3 Å². The van der Waals surface area contributed by atoms with Crippen molar-refractivity contribution in [2.24, 2.45) is 0 Å². The molecule has 2 aromatic rings. The first-order valence-corrected chi connectivity index (χ1v) is 10.5. The van der Waals surface area contributed by atoms with Crippen molar-refractivity contribution in [1.82, 2.24) is 0 Å². The topological polar surface area (TPSA) is 119 Å². The van der Waals surface area contributed by atoms with E-state index in [1.165, 1.54) is 37.5 Å². The molecule has 0 spiro atoms. The minimum Gasteiger partial charge on any atom is -0.493 e. The summed E-state index contributed by atoms with van der Waals surface area (Å²) in [5.74, 6) is -0.832. The Morgan fingerprint density at radius 2 is 1.62 bits per heavy atom. The Hall–Kier alpha value is -4.56. The molecule has 0 N–H and O–H groups in total. The predicted octanol–water partition coefficient (Wildman–Crippen LogP) is 4.47. The maximum atomic E-state index is 12.7. The van der Waals surface area contributed by atoms with Gasteiger partial charge >= 0.3 is 11.9 Å². The third-order valence-corrected chi connectivity index (χ3v) is 4.34. The van der Waals surface area contributed by atoms with Crippen LogP contribution in [0.3, 0.4) is 0 Å². The number of methoxy groups -OCH3 is 1. The molecule has 174 valence electrons. The third-order valence-electron chi connectivity index (χ3n) is 4.34. The molecule has 34 heavy (non-hydrogen) atoms. The Balaban J connectivity index is 2.30. The lowest BCUT2D eigenvalue weighted by Crippen LogP contribution is -2.11. The highest BCUT2D eigenvalue weighted by Crippen LogP contribution is 2.30. The average Bonchev–Trinajstić information content (AvgIpc) is 2.85. The van der Waals surface area contributed by atoms with Gasteiger partial charge in [-0.15, -0.1) is 0 Å². The van der Waals surface area contributed by atoms with Gasteiger partial charge < -0.3 is 18.9 Å². The van der Waals surface area contributed by atoms with Crippen LogP contribution in [0.25, 0.3) is 12.2 Å². The predicted molar refractivity (Wildman–Crippen MR) is 125 cm³/mol. The lowest BCUT2D eigenvalue weighted by atomic mass is 10.1. The summed E-state index contributed by atoms with van der Waals surface area (Å²) in [7, 11) is 1.37. The summed E-state index contributed by atoms with van der Waals surface area (Å²) in [4.78, 5) is 24.5. The maximum absolute atomic E-state index is 12.7. The van der Waals surface area contributed by atoms with E-state index < -0.39 is 11.9 Å². The third kappa shape index (κ3) is 6.98. The van der Waals surface area contributed by atoms with Crippen molar-refractivity contribution in [3.63, 3.8) is 0 Å². The second-order valence-electron chi connectivity index (χ2n) is 6.75. The van der Waals surface area contributed by atoms with Crippen LogP contribution in [0.5, 0.6) is 17.2 Å². The van der Waals surface area contributed by atoms with Crippen LogP contribution < -0.4 is 14.2 Å². The van der Waals surface area contributed by atoms with Crippen molar-refractivity contribution in [2.75, 3.05) is 20.3 Å². The van der Waals surface area contributed by atoms with Crippen molar-refractivity contribution in [3.05, 3.63) is 64.7 Å². The van der Waals surface area contributed by atoms with Gasteiger partial charge in [-0.05, 0) is 49.3 Å². The highest BCUT2D eigenvalue weighted by Gasteiger charge is 2.17. The van der Waals surface area contributed by atoms with Crippen LogP contribution in [0.2, 0.25) is 0 Å². The number of para-hydroxylation sites is 1. The monoisotopic (exact) mass is 460 g/mol. The quantitative estimate of drug-likeness (QED) is 0.221. The fourth-order valence-corrected chi connectivity index (χ4v) is 2.76. The number of hydrogen-bond donors (Lipinski definition) is 0. The molecule has 2 aromatic carbocycles. The van der Waals surface area contributed by atoms with E-state index in [4.69, 9.17) is 18.9 Å². The molecule has 0 aliphatic carbocycles. The molecule has 0 radical (unpaired) electrons. The number of esters is 2. The lowest BCUT2D eigenvalue weighted by molar-refractivity contribution is -0.138. The van der Waals surface area contributed by atoms with E-state index >= 15 is 0 Å². The molecule has 0 amide bonds. The Bertz CT molecular complexity index is 1180. The van der Waals surface area contributed by atoms with Gasteiger partial charge in [-0.1, -0.05) is 31.2 Å². The van der Waals surface area contributed by atoms with Gasteiger partial charge in [0.2, 0.25) is 0 Å². The molecule has 0 aliphatic rings. The summed E-state index contributed by atoms with van der Waals surface area (Å²) in [5.41, 5.74) is 0.610. The SMILES string of the molecule is CCCOc1ccccc1/C=C(\C#N)C(=O)Oc1ccc(/C=C(\C#N)C(=O)OCC)cc1OC. The molecule has 0 bridgehead atoms. The van der Waals surface area contributed by atoms with Crippen LogP contribution in [0.1, 0.15) is 31.4 Å². The highest BCUT2D eigenvalue weighted by atomic mass is 16.6. The first-order chi connectivity index (χ1) is 16.5. The van der Waals surface area contributed by atoms with Gasteiger partial charge in [0.15, 0.2) is 11.5 Å². The van der Waals surface area contributed by atoms with Crippen molar-refractivity contribution in [1.29, 1.82) is 10.5 Å². The summed E-state index contributed by atoms with van der Waals surface area (Å²) in [6.07, 6.45) is 3.54. The summed E-state index contributed by atoms with van der Waals surface area (Å²) < 4.78 is 21.2. The summed E-state index contributed by atoms with van der Waals surface area (Å²) in [6.45, 7) is 4.25. The smallest absolute Gasteiger partial charge is 0.354 e. The Morgan fingerprint density at radius 1 is 0.912 bits per heavy atom. The molecule has 0 atom stereocenters. The first kappa shape index (κ1) is 25.7. The average molecular weight is 460 g/mol. The zero-order chi connectivity index (χ0) is 24.9. The zero-order valence-electron chi connectivity index (χ0n) is 19.2. The van der Waals surface area contributed by atoms with Crippen LogP contribution in [-0.4, -0.2) is 32.3 Å². The summed E-state index contributed by atoms with van der Waals surface area (Å²) in [6, 6.07) is 15.2. The number of carbonyl (C=O) groups is 2. The van der Waals surface area contributed by atoms with E-state index in [1.807, 2.05) is 13.0 Å². The lowest BCUT2D eigenvalue weighted by Gasteiger charge is -2.11. The standard InChI is InChI=1S/C26H24N2O6/c1-4-12-33-22-9-7-6-8-19(22)15-21(17-28)26(30)34-23-11-10-18(14-24(23)31-3)13-20(16-27)25(29)32-5-2/h6-11,13-15H,4-5,12H2,1-3H3/b20-13+,21-15+. The molecule has 0 saturated carbocycles. The molecular weight excluding hydrogens is 436 g/mol. The number of carbonyl (C=O) groups excluding carboxylic acids is 2. The van der Waals surface area contributed by atoms with Crippen LogP contribution in [0.15, 0.2) is 53.6 Å². The van der Waals surface area contributed by atoms with Gasteiger partial charge in [-0.3, -0.25) is 0 Å². The molecule has 0 heterocycles. The minimum absolute atomic E-state index is 0.0657. The molecule has 0 unspecified atom stereocenters. The second-order valence-corrected chi connectivity index (χ2v) is 6.75. The first-order valence-electron chi connectivity index (χ1n) is 10.5. The molecule has 2 rings (SSSR count). The molecule has 8 nitrogen and oxygen atoms in total. The number of nitriles is 2. The van der Waals surface area contributed by atoms with Crippen molar-refractivity contribution >= 4 is 24.1 Å². The minimum atomic E-state index is -0.876. The van der Waals surface area contributed by atoms with Gasteiger partial charge in [0, 0.05) is 5.56 Å². The Morgan fingerprint density at radius 3 is 2.26 bits per heavy atom. The number of hydrogen-bond acceptors (Lipinski definition) is 8. The van der Waals surface area contributed by atoms with E-state index in [-0.39, 0.29) is 29.3 Å². The number of ether oxygens (including phenoxy) is 4. The fraction of sp³-hybridized carbons (Fsp3) is 0.231. The zero-order valence-corrected chi connectivity index (χ0v) is 19.2. The second kappa shape index (κ2) is 13.1. The number of rotatable bonds is 10. The molecule has 0 aromatic heterocycles. The molecule has 0 fully saturated rings. The van der Waals surface area contributed by atoms with Crippen LogP contribution in [0.4, 0.5) is 0 Å². The van der Waals surface area contributed by atoms with Gasteiger partial charge in [-0.2, -0.15) is 10.5 Å². The van der Waals surface area contributed by atoms with E-state index in [1.54, 1.807) is 37.3 Å². The van der Waals surface area contributed by atoms with Gasteiger partial charge in [-0.25, -0.2) is 9.59 Å². The normalized spacial score (nSPS) is 11.1. The summed E-state index contributed by atoms with van der Waals surface area (Å²) >= 11 is 0. The van der Waals surface area contributed by atoms with E-state index in [0.29, 0.717) is 23.5 Å². The maximum Gasteiger partial charge on any atom is 0.354 e. The molecule has 0 aliphatic heterocycles. The van der Waals surface area contributed by atoms with Gasteiger partial charge in [0.1, 0.15) is 29.0 Å². The van der Waals surface area contributed by atoms with E-state index in [9.17, 15) is 20.1 Å². The number of nitrogens with zero attached hydrogens (tertiary/aromatic N) is 2.